The van der Waals surface area contributed by atoms with Crippen LogP contribution in [0, 0.1) is 0 Å². The van der Waals surface area contributed by atoms with E-state index in [1.807, 2.05) is 0 Å². The van der Waals surface area contributed by atoms with E-state index in [1.165, 1.54) is 11.3 Å². The van der Waals surface area contributed by atoms with Crippen molar-refractivity contribution >= 4 is 49.1 Å². The summed E-state index contributed by atoms with van der Waals surface area (Å²) in [5, 5.41) is 11.9. The van der Waals surface area contributed by atoms with Crippen LogP contribution in [0.3, 0.4) is 0 Å². The first kappa shape index (κ1) is 11.6. The van der Waals surface area contributed by atoms with Crippen LogP contribution in [-0.2, 0) is 0 Å². The third-order valence-corrected chi connectivity index (χ3v) is 5.66. The van der Waals surface area contributed by atoms with Crippen LogP contribution in [0.15, 0.2) is 14.3 Å². The molecule has 6 heteroatoms. The summed E-state index contributed by atoms with van der Waals surface area (Å²) in [5.74, 6) is -0.113. The van der Waals surface area contributed by atoms with Gasteiger partial charge < -0.3 is 10.4 Å². The zero-order valence-corrected chi connectivity index (χ0v) is 11.7. The van der Waals surface area contributed by atoms with Gasteiger partial charge in [-0.1, -0.05) is 0 Å². The SMILES string of the molecule is O=C(NC1(CO)CC1)c1cc(Br)c(Br)s1. The Morgan fingerprint density at radius 2 is 2.27 bits per heavy atom. The number of halogens is 2. The summed E-state index contributed by atoms with van der Waals surface area (Å²) < 4.78 is 1.79. The third-order valence-electron chi connectivity index (χ3n) is 2.40. The number of carbonyl (C=O) groups is 1. The Morgan fingerprint density at radius 3 is 2.67 bits per heavy atom. The molecule has 2 N–H and O–H groups in total. The molecule has 1 aliphatic rings. The number of hydrogen-bond donors (Lipinski definition) is 2. The van der Waals surface area contributed by atoms with Crippen LogP contribution < -0.4 is 5.32 Å². The van der Waals surface area contributed by atoms with Crippen molar-refractivity contribution in [3.05, 3.63) is 19.2 Å². The summed E-state index contributed by atoms with van der Waals surface area (Å²) in [6.07, 6.45) is 1.73. The molecule has 0 saturated heterocycles. The van der Waals surface area contributed by atoms with E-state index < -0.39 is 0 Å². The van der Waals surface area contributed by atoms with Gasteiger partial charge in [0.05, 0.1) is 20.8 Å². The van der Waals surface area contributed by atoms with Gasteiger partial charge in [-0.05, 0) is 50.8 Å². The second-order valence-electron chi connectivity index (χ2n) is 3.62. The highest BCUT2D eigenvalue weighted by Gasteiger charge is 2.43. The Kier molecular flexibility index (Phi) is 3.21. The van der Waals surface area contributed by atoms with Crippen LogP contribution in [0.4, 0.5) is 0 Å². The molecule has 0 spiro atoms. The van der Waals surface area contributed by atoms with Crippen LogP contribution in [0.2, 0.25) is 0 Å². The lowest BCUT2D eigenvalue weighted by molar-refractivity contribution is 0.0911. The van der Waals surface area contributed by atoms with Crippen LogP contribution in [0.1, 0.15) is 22.5 Å². The molecule has 0 aromatic carbocycles. The minimum atomic E-state index is -0.347. The first-order chi connectivity index (χ1) is 7.06. The Morgan fingerprint density at radius 1 is 1.60 bits per heavy atom. The van der Waals surface area contributed by atoms with Gasteiger partial charge in [0.2, 0.25) is 0 Å². The molecule has 1 aromatic rings. The van der Waals surface area contributed by atoms with Crippen LogP contribution in [0.25, 0.3) is 0 Å². The zero-order chi connectivity index (χ0) is 11.1. The maximum atomic E-state index is 11.8. The highest BCUT2D eigenvalue weighted by molar-refractivity contribution is 9.13. The molecule has 1 amide bonds. The summed E-state index contributed by atoms with van der Waals surface area (Å²) in [7, 11) is 0. The van der Waals surface area contributed by atoms with Gasteiger partial charge in [0, 0.05) is 4.47 Å². The second kappa shape index (κ2) is 4.16. The van der Waals surface area contributed by atoms with Gasteiger partial charge in [0.25, 0.3) is 5.91 Å². The molecule has 0 unspecified atom stereocenters. The van der Waals surface area contributed by atoms with Gasteiger partial charge in [-0.2, -0.15) is 0 Å². The van der Waals surface area contributed by atoms with Crippen LogP contribution in [0.5, 0.6) is 0 Å². The summed E-state index contributed by atoms with van der Waals surface area (Å²) in [6, 6.07) is 1.78. The predicted octanol–water partition coefficient (Wildman–Crippen LogP) is 2.53. The molecule has 0 bridgehead atoms. The maximum Gasteiger partial charge on any atom is 0.261 e. The fraction of sp³-hybridized carbons (Fsp3) is 0.444. The first-order valence-corrected chi connectivity index (χ1v) is 6.85. The molecule has 82 valence electrons. The monoisotopic (exact) mass is 353 g/mol. The van der Waals surface area contributed by atoms with E-state index in [9.17, 15) is 4.79 Å². The predicted molar refractivity (Wildman–Crippen MR) is 66.2 cm³/mol. The Labute approximate surface area is 108 Å². The molecule has 3 nitrogen and oxygen atoms in total. The fourth-order valence-corrected chi connectivity index (χ4v) is 3.17. The van der Waals surface area contributed by atoms with Gasteiger partial charge in [-0.25, -0.2) is 0 Å². The number of nitrogens with one attached hydrogen (secondary N) is 1. The van der Waals surface area contributed by atoms with Crippen LogP contribution in [-0.4, -0.2) is 23.2 Å². The molecule has 15 heavy (non-hydrogen) atoms. The normalized spacial score (nSPS) is 17.5. The van der Waals surface area contributed by atoms with Gasteiger partial charge >= 0.3 is 0 Å². The number of amides is 1. The van der Waals surface area contributed by atoms with E-state index >= 15 is 0 Å². The minimum Gasteiger partial charge on any atom is -0.394 e. The standard InChI is InChI=1S/C9H9Br2NO2S/c10-5-3-6(15-7(5)11)8(14)12-9(4-13)1-2-9/h3,13H,1-2,4H2,(H,12,14). The van der Waals surface area contributed by atoms with E-state index in [-0.39, 0.29) is 18.1 Å². The topological polar surface area (TPSA) is 49.3 Å². The van der Waals surface area contributed by atoms with E-state index in [4.69, 9.17) is 5.11 Å². The highest BCUT2D eigenvalue weighted by Crippen LogP contribution is 2.36. The molecule has 2 rings (SSSR count). The van der Waals surface area contributed by atoms with Gasteiger partial charge in [0.15, 0.2) is 0 Å². The molecule has 1 heterocycles. The summed E-state index contributed by atoms with van der Waals surface area (Å²) in [6.45, 7) is 0.0203. The number of hydrogen-bond acceptors (Lipinski definition) is 3. The zero-order valence-electron chi connectivity index (χ0n) is 7.72. The van der Waals surface area contributed by atoms with E-state index in [0.717, 1.165) is 21.1 Å². The van der Waals surface area contributed by atoms with Gasteiger partial charge in [0.1, 0.15) is 0 Å². The molecule has 1 saturated carbocycles. The third kappa shape index (κ3) is 2.43. The maximum absolute atomic E-state index is 11.8. The number of aliphatic hydroxyl groups is 1. The average Bonchev–Trinajstić information content (AvgIpc) is 2.89. The lowest BCUT2D eigenvalue weighted by atomic mass is 10.3. The summed E-state index contributed by atoms with van der Waals surface area (Å²) in [4.78, 5) is 12.4. The van der Waals surface area contributed by atoms with Crippen molar-refractivity contribution in [1.29, 1.82) is 0 Å². The molecule has 0 radical (unpaired) electrons. The number of rotatable bonds is 3. The van der Waals surface area contributed by atoms with Crippen molar-refractivity contribution in [1.82, 2.24) is 5.32 Å². The van der Waals surface area contributed by atoms with E-state index in [2.05, 4.69) is 37.2 Å². The highest BCUT2D eigenvalue weighted by atomic mass is 79.9. The molecule has 0 aliphatic heterocycles. The molecule has 1 aliphatic carbocycles. The van der Waals surface area contributed by atoms with Crippen molar-refractivity contribution in [2.75, 3.05) is 6.61 Å². The van der Waals surface area contributed by atoms with Crippen molar-refractivity contribution in [2.24, 2.45) is 0 Å². The molecule has 1 fully saturated rings. The molecule has 0 atom stereocenters. The van der Waals surface area contributed by atoms with E-state index in [0.29, 0.717) is 4.88 Å². The Hall–Kier alpha value is 0.0900. The van der Waals surface area contributed by atoms with E-state index in [1.54, 1.807) is 6.07 Å². The minimum absolute atomic E-state index is 0.0203. The first-order valence-electron chi connectivity index (χ1n) is 4.44. The van der Waals surface area contributed by atoms with Crippen molar-refractivity contribution in [3.63, 3.8) is 0 Å². The smallest absolute Gasteiger partial charge is 0.261 e. The largest absolute Gasteiger partial charge is 0.394 e. The Balaban J connectivity index is 2.08. The lowest BCUT2D eigenvalue weighted by Gasteiger charge is -2.12. The van der Waals surface area contributed by atoms with Crippen molar-refractivity contribution in [3.8, 4) is 0 Å². The van der Waals surface area contributed by atoms with Gasteiger partial charge in [-0.15, -0.1) is 11.3 Å². The van der Waals surface area contributed by atoms with Crippen molar-refractivity contribution < 1.29 is 9.90 Å². The fourth-order valence-electron chi connectivity index (χ4n) is 1.23. The molecule has 1 aromatic heterocycles. The second-order valence-corrected chi connectivity index (χ2v) is 6.85. The van der Waals surface area contributed by atoms with Crippen LogP contribution >= 0.6 is 43.2 Å². The van der Waals surface area contributed by atoms with Gasteiger partial charge in [-0.3, -0.25) is 4.79 Å². The lowest BCUT2D eigenvalue weighted by Crippen LogP contribution is -2.39. The molecular formula is C9H9Br2NO2S. The van der Waals surface area contributed by atoms with Crippen molar-refractivity contribution in [2.45, 2.75) is 18.4 Å². The average molecular weight is 355 g/mol. The molecular weight excluding hydrogens is 346 g/mol. The quantitative estimate of drug-likeness (QED) is 0.876. The number of carbonyl (C=O) groups excluding carboxylic acids is 1. The summed E-state index contributed by atoms with van der Waals surface area (Å²) in [5.41, 5.74) is -0.347. The number of thiophene rings is 1. The number of aliphatic hydroxyl groups excluding tert-OH is 1. The summed E-state index contributed by atoms with van der Waals surface area (Å²) >= 11 is 8.05. The Bertz CT molecular complexity index is 381.